The molecule has 0 saturated carbocycles. The minimum absolute atomic E-state index is 0.359. The number of hydrogen-bond acceptors (Lipinski definition) is 2. The molecule has 0 saturated heterocycles. The second-order valence-electron chi connectivity index (χ2n) is 1.87. The Morgan fingerprint density at radius 1 is 1.36 bits per heavy atom. The lowest BCUT2D eigenvalue weighted by atomic mass is 10.2. The molecule has 0 atom stereocenters. The van der Waals surface area contributed by atoms with Crippen molar-refractivity contribution in [2.75, 3.05) is 0 Å². The summed E-state index contributed by atoms with van der Waals surface area (Å²) < 4.78 is 4.46. The third-order valence-electron chi connectivity index (χ3n) is 1.15. The van der Waals surface area contributed by atoms with E-state index in [1.807, 2.05) is 0 Å². The van der Waals surface area contributed by atoms with Crippen molar-refractivity contribution in [3.8, 4) is 0 Å². The van der Waals surface area contributed by atoms with Crippen molar-refractivity contribution in [3.63, 3.8) is 0 Å². The van der Waals surface area contributed by atoms with Crippen molar-refractivity contribution >= 4 is 40.6 Å². The fourth-order valence-corrected chi connectivity index (χ4v) is 1.01. The molecular formula is C7H4ClIO2. The average molecular weight is 282 g/mol. The highest BCUT2D eigenvalue weighted by Crippen LogP contribution is 2.10. The van der Waals surface area contributed by atoms with Gasteiger partial charge in [-0.2, -0.15) is 0 Å². The molecule has 11 heavy (non-hydrogen) atoms. The Bertz CT molecular complexity index is 258. The molecule has 0 bridgehead atoms. The van der Waals surface area contributed by atoms with Gasteiger partial charge in [0.15, 0.2) is 23.0 Å². The van der Waals surface area contributed by atoms with Crippen LogP contribution in [0.1, 0.15) is 10.4 Å². The molecular weight excluding hydrogens is 278 g/mol. The van der Waals surface area contributed by atoms with Gasteiger partial charge in [-0.25, -0.2) is 4.79 Å². The normalized spacial score (nSPS) is 9.27. The zero-order valence-corrected chi connectivity index (χ0v) is 8.30. The second kappa shape index (κ2) is 3.92. The van der Waals surface area contributed by atoms with Crippen LogP contribution >= 0.6 is 34.6 Å². The Balaban J connectivity index is 2.90. The SMILES string of the molecule is O=C(OI)c1ccc(Cl)cc1. The van der Waals surface area contributed by atoms with Gasteiger partial charge in [0.1, 0.15) is 0 Å². The maximum atomic E-state index is 10.9. The van der Waals surface area contributed by atoms with Gasteiger partial charge in [-0.1, -0.05) is 11.6 Å². The summed E-state index contributed by atoms with van der Waals surface area (Å²) in [5.41, 5.74) is 0.504. The van der Waals surface area contributed by atoms with Crippen molar-refractivity contribution < 1.29 is 7.86 Å². The van der Waals surface area contributed by atoms with Crippen LogP contribution in [0.3, 0.4) is 0 Å². The van der Waals surface area contributed by atoms with Crippen molar-refractivity contribution in [3.05, 3.63) is 34.9 Å². The molecule has 0 aliphatic heterocycles. The van der Waals surface area contributed by atoms with Crippen molar-refractivity contribution in [1.82, 2.24) is 0 Å². The van der Waals surface area contributed by atoms with E-state index in [4.69, 9.17) is 11.6 Å². The van der Waals surface area contributed by atoms with E-state index in [1.165, 1.54) is 0 Å². The molecule has 0 aliphatic carbocycles. The van der Waals surface area contributed by atoms with Crippen LogP contribution in [-0.4, -0.2) is 5.97 Å². The number of rotatable bonds is 1. The third kappa shape index (κ3) is 2.34. The summed E-state index contributed by atoms with van der Waals surface area (Å²) in [6, 6.07) is 6.52. The zero-order chi connectivity index (χ0) is 8.27. The first-order chi connectivity index (χ1) is 5.24. The van der Waals surface area contributed by atoms with E-state index in [1.54, 1.807) is 47.3 Å². The van der Waals surface area contributed by atoms with Crippen LogP contribution in [0.2, 0.25) is 5.02 Å². The van der Waals surface area contributed by atoms with Crippen LogP contribution in [-0.2, 0) is 3.07 Å². The van der Waals surface area contributed by atoms with E-state index < -0.39 is 0 Å². The Morgan fingerprint density at radius 2 is 1.91 bits per heavy atom. The monoisotopic (exact) mass is 282 g/mol. The fourth-order valence-electron chi connectivity index (χ4n) is 0.631. The summed E-state index contributed by atoms with van der Waals surface area (Å²) in [6.07, 6.45) is 0. The van der Waals surface area contributed by atoms with Crippen LogP contribution in [0.25, 0.3) is 0 Å². The van der Waals surface area contributed by atoms with Crippen LogP contribution < -0.4 is 0 Å². The molecule has 1 aromatic rings. The summed E-state index contributed by atoms with van der Waals surface area (Å²) in [7, 11) is 0. The molecule has 0 aliphatic rings. The molecule has 0 amide bonds. The molecule has 4 heteroatoms. The number of carbonyl (C=O) groups excluding carboxylic acids is 1. The van der Waals surface area contributed by atoms with Crippen molar-refractivity contribution in [1.29, 1.82) is 0 Å². The van der Waals surface area contributed by atoms with Crippen LogP contribution in [0.4, 0.5) is 0 Å². The summed E-state index contributed by atoms with van der Waals surface area (Å²) in [5.74, 6) is -0.359. The number of benzene rings is 1. The number of carbonyl (C=O) groups is 1. The molecule has 0 unspecified atom stereocenters. The Hall–Kier alpha value is -0.290. The Labute approximate surface area is 83.2 Å². The molecule has 0 fully saturated rings. The molecule has 58 valence electrons. The largest absolute Gasteiger partial charge is 0.391 e. The quantitative estimate of drug-likeness (QED) is 0.740. The first-order valence-corrected chi connectivity index (χ1v) is 4.08. The summed E-state index contributed by atoms with van der Waals surface area (Å²) in [4.78, 5) is 10.9. The van der Waals surface area contributed by atoms with E-state index in [0.717, 1.165) is 0 Å². The highest BCUT2D eigenvalue weighted by molar-refractivity contribution is 14.1. The lowest BCUT2D eigenvalue weighted by Crippen LogP contribution is -1.95. The van der Waals surface area contributed by atoms with Gasteiger partial charge in [0.05, 0.1) is 5.56 Å². The third-order valence-corrected chi connectivity index (χ3v) is 1.80. The lowest BCUT2D eigenvalue weighted by Gasteiger charge is -1.95. The Morgan fingerprint density at radius 3 is 2.36 bits per heavy atom. The van der Waals surface area contributed by atoms with E-state index in [9.17, 15) is 4.79 Å². The molecule has 0 spiro atoms. The smallest absolute Gasteiger partial charge is 0.347 e. The van der Waals surface area contributed by atoms with Crippen molar-refractivity contribution in [2.45, 2.75) is 0 Å². The molecule has 2 nitrogen and oxygen atoms in total. The van der Waals surface area contributed by atoms with Gasteiger partial charge in [0, 0.05) is 5.02 Å². The summed E-state index contributed by atoms with van der Waals surface area (Å²) >= 11 is 7.15. The predicted molar refractivity (Wildman–Crippen MR) is 50.9 cm³/mol. The average Bonchev–Trinajstić information content (AvgIpc) is 2.05. The van der Waals surface area contributed by atoms with Gasteiger partial charge in [-0.15, -0.1) is 0 Å². The highest BCUT2D eigenvalue weighted by atomic mass is 127. The standard InChI is InChI=1S/C7H4ClIO2/c8-6-3-1-5(2-4-6)7(10)11-9/h1-4H. The molecule has 0 radical (unpaired) electrons. The lowest BCUT2D eigenvalue weighted by molar-refractivity contribution is 0.0800. The van der Waals surface area contributed by atoms with Crippen LogP contribution in [0.15, 0.2) is 24.3 Å². The molecule has 1 aromatic carbocycles. The first-order valence-electron chi connectivity index (χ1n) is 2.82. The van der Waals surface area contributed by atoms with E-state index >= 15 is 0 Å². The van der Waals surface area contributed by atoms with Crippen LogP contribution in [0.5, 0.6) is 0 Å². The first kappa shape index (κ1) is 8.80. The second-order valence-corrected chi connectivity index (χ2v) is 2.75. The van der Waals surface area contributed by atoms with Gasteiger partial charge >= 0.3 is 5.97 Å². The van der Waals surface area contributed by atoms with Gasteiger partial charge in [-0.3, -0.25) is 0 Å². The van der Waals surface area contributed by atoms with E-state index in [-0.39, 0.29) is 5.97 Å². The van der Waals surface area contributed by atoms with Gasteiger partial charge < -0.3 is 3.07 Å². The van der Waals surface area contributed by atoms with Gasteiger partial charge in [0.25, 0.3) is 0 Å². The minimum Gasteiger partial charge on any atom is -0.391 e. The maximum Gasteiger partial charge on any atom is 0.347 e. The number of halogens is 2. The Kier molecular flexibility index (Phi) is 3.14. The molecule has 0 heterocycles. The number of hydrogen-bond donors (Lipinski definition) is 0. The maximum absolute atomic E-state index is 10.9. The minimum atomic E-state index is -0.359. The summed E-state index contributed by atoms with van der Waals surface area (Å²) in [5, 5.41) is 0.606. The van der Waals surface area contributed by atoms with Crippen LogP contribution in [0, 0.1) is 0 Å². The molecule has 0 aromatic heterocycles. The fraction of sp³-hybridized carbons (Fsp3) is 0. The van der Waals surface area contributed by atoms with Gasteiger partial charge in [-0.05, 0) is 24.3 Å². The summed E-state index contributed by atoms with van der Waals surface area (Å²) in [6.45, 7) is 0. The van der Waals surface area contributed by atoms with E-state index in [0.29, 0.717) is 10.6 Å². The topological polar surface area (TPSA) is 26.3 Å². The predicted octanol–water partition coefficient (Wildman–Crippen LogP) is 2.85. The van der Waals surface area contributed by atoms with Gasteiger partial charge in [0.2, 0.25) is 0 Å². The van der Waals surface area contributed by atoms with E-state index in [2.05, 4.69) is 3.07 Å². The van der Waals surface area contributed by atoms with Crippen molar-refractivity contribution in [2.24, 2.45) is 0 Å². The molecule has 1 rings (SSSR count). The zero-order valence-electron chi connectivity index (χ0n) is 5.38. The highest BCUT2D eigenvalue weighted by Gasteiger charge is 2.03. The molecule has 0 N–H and O–H groups in total.